The maximum atomic E-state index is 14.0. The van der Waals surface area contributed by atoms with Crippen molar-refractivity contribution in [2.24, 2.45) is 0 Å². The van der Waals surface area contributed by atoms with Crippen LogP contribution in [-0.2, 0) is 6.42 Å². The van der Waals surface area contributed by atoms with Crippen molar-refractivity contribution in [2.45, 2.75) is 12.5 Å². The lowest BCUT2D eigenvalue weighted by molar-refractivity contribution is 0.481. The third-order valence-electron chi connectivity index (χ3n) is 3.17. The summed E-state index contributed by atoms with van der Waals surface area (Å²) >= 11 is 8.86. The van der Waals surface area contributed by atoms with E-state index in [9.17, 15) is 13.2 Å². The summed E-state index contributed by atoms with van der Waals surface area (Å²) < 4.78 is 42.1. The number of hydrogen-bond acceptors (Lipinski definition) is 1. The SMILES string of the molecule is CNC(Cc1cc(Cl)ccc1F)c1c(F)cc(Br)cc1F. The molecule has 2 aromatic rings. The van der Waals surface area contributed by atoms with Crippen LogP contribution in [0.2, 0.25) is 5.02 Å². The van der Waals surface area contributed by atoms with Crippen LogP contribution in [0.1, 0.15) is 17.2 Å². The highest BCUT2D eigenvalue weighted by molar-refractivity contribution is 9.10. The molecule has 1 unspecified atom stereocenters. The topological polar surface area (TPSA) is 12.0 Å². The van der Waals surface area contributed by atoms with Gasteiger partial charge in [0.25, 0.3) is 0 Å². The lowest BCUT2D eigenvalue weighted by atomic mass is 9.97. The summed E-state index contributed by atoms with van der Waals surface area (Å²) in [6.07, 6.45) is 0.0817. The summed E-state index contributed by atoms with van der Waals surface area (Å²) in [5, 5.41) is 3.18. The minimum Gasteiger partial charge on any atom is -0.313 e. The molecular formula is C15H12BrClF3N. The average Bonchev–Trinajstić information content (AvgIpc) is 2.40. The molecule has 0 saturated heterocycles. The standard InChI is InChI=1S/C15H12BrClF3N/c1-21-14(5-8-4-10(17)2-3-11(8)18)15-12(19)6-9(16)7-13(15)20/h2-4,6-7,14,21H,5H2,1H3. The Morgan fingerprint density at radius 2 is 1.71 bits per heavy atom. The molecule has 0 aliphatic rings. The van der Waals surface area contributed by atoms with Crippen molar-refractivity contribution in [3.8, 4) is 0 Å². The number of nitrogens with one attached hydrogen (secondary N) is 1. The lowest BCUT2D eigenvalue weighted by Gasteiger charge is -2.19. The molecule has 1 atom stereocenters. The first-order valence-corrected chi connectivity index (χ1v) is 7.35. The highest BCUT2D eigenvalue weighted by atomic mass is 79.9. The predicted molar refractivity (Wildman–Crippen MR) is 81.0 cm³/mol. The first kappa shape index (κ1) is 16.3. The molecule has 0 aromatic heterocycles. The van der Waals surface area contributed by atoms with Gasteiger partial charge >= 0.3 is 0 Å². The van der Waals surface area contributed by atoms with E-state index in [2.05, 4.69) is 21.2 Å². The van der Waals surface area contributed by atoms with E-state index in [4.69, 9.17) is 11.6 Å². The Morgan fingerprint density at radius 1 is 1.10 bits per heavy atom. The van der Waals surface area contributed by atoms with Crippen molar-refractivity contribution in [3.63, 3.8) is 0 Å². The van der Waals surface area contributed by atoms with Crippen LogP contribution in [-0.4, -0.2) is 7.05 Å². The fourth-order valence-corrected chi connectivity index (χ4v) is 2.75. The predicted octanol–water partition coefficient (Wildman–Crippen LogP) is 5.02. The molecular weight excluding hydrogens is 367 g/mol. The van der Waals surface area contributed by atoms with Gasteiger partial charge in [0, 0.05) is 21.1 Å². The lowest BCUT2D eigenvalue weighted by Crippen LogP contribution is -2.22. The molecule has 0 fully saturated rings. The van der Waals surface area contributed by atoms with Gasteiger partial charge in [0.2, 0.25) is 0 Å². The van der Waals surface area contributed by atoms with Gasteiger partial charge in [-0.2, -0.15) is 0 Å². The van der Waals surface area contributed by atoms with E-state index in [1.54, 1.807) is 7.05 Å². The normalized spacial score (nSPS) is 12.5. The second-order valence-corrected chi connectivity index (χ2v) is 5.92. The number of rotatable bonds is 4. The van der Waals surface area contributed by atoms with Gasteiger partial charge < -0.3 is 5.32 Å². The zero-order chi connectivity index (χ0) is 15.6. The highest BCUT2D eigenvalue weighted by Crippen LogP contribution is 2.28. The van der Waals surface area contributed by atoms with Gasteiger partial charge in [-0.3, -0.25) is 0 Å². The molecule has 0 aliphatic heterocycles. The van der Waals surface area contributed by atoms with Crippen LogP contribution in [0.4, 0.5) is 13.2 Å². The fourth-order valence-electron chi connectivity index (χ4n) is 2.15. The second-order valence-electron chi connectivity index (χ2n) is 4.56. The van der Waals surface area contributed by atoms with Gasteiger partial charge in [-0.25, -0.2) is 13.2 Å². The molecule has 112 valence electrons. The third kappa shape index (κ3) is 3.78. The molecule has 1 N–H and O–H groups in total. The van der Waals surface area contributed by atoms with E-state index in [0.717, 1.165) is 0 Å². The highest BCUT2D eigenvalue weighted by Gasteiger charge is 2.21. The van der Waals surface area contributed by atoms with Crippen LogP contribution in [0, 0.1) is 17.5 Å². The minimum absolute atomic E-state index is 0.0817. The fraction of sp³-hybridized carbons (Fsp3) is 0.200. The van der Waals surface area contributed by atoms with E-state index in [0.29, 0.717) is 15.1 Å². The van der Waals surface area contributed by atoms with Crippen LogP contribution >= 0.6 is 27.5 Å². The molecule has 6 heteroatoms. The van der Waals surface area contributed by atoms with E-state index in [-0.39, 0.29) is 12.0 Å². The minimum atomic E-state index is -0.703. The molecule has 0 saturated carbocycles. The molecule has 0 spiro atoms. The van der Waals surface area contributed by atoms with Crippen molar-refractivity contribution < 1.29 is 13.2 Å². The van der Waals surface area contributed by atoms with E-state index < -0.39 is 23.5 Å². The summed E-state index contributed by atoms with van der Waals surface area (Å²) in [6.45, 7) is 0. The van der Waals surface area contributed by atoms with E-state index in [1.807, 2.05) is 0 Å². The Labute approximate surface area is 134 Å². The maximum Gasteiger partial charge on any atom is 0.132 e. The van der Waals surface area contributed by atoms with Gasteiger partial charge in [0.15, 0.2) is 0 Å². The molecule has 0 heterocycles. The Kier molecular flexibility index (Phi) is 5.30. The maximum absolute atomic E-state index is 14.0. The third-order valence-corrected chi connectivity index (χ3v) is 3.87. The number of halogens is 5. The summed E-state index contributed by atoms with van der Waals surface area (Å²) in [4.78, 5) is 0. The molecule has 2 rings (SSSR count). The smallest absolute Gasteiger partial charge is 0.132 e. The van der Waals surface area contributed by atoms with E-state index >= 15 is 0 Å². The van der Waals surface area contributed by atoms with Gasteiger partial charge in [0.1, 0.15) is 17.5 Å². The Morgan fingerprint density at radius 3 is 2.29 bits per heavy atom. The van der Waals surface area contributed by atoms with E-state index in [1.165, 1.54) is 30.3 Å². The summed E-state index contributed by atoms with van der Waals surface area (Å²) in [5.41, 5.74) is 0.170. The molecule has 0 aliphatic carbocycles. The van der Waals surface area contributed by atoms with Gasteiger partial charge in [-0.05, 0) is 49.4 Å². The van der Waals surface area contributed by atoms with Crippen molar-refractivity contribution >= 4 is 27.5 Å². The van der Waals surface area contributed by atoms with Crippen LogP contribution in [0.15, 0.2) is 34.8 Å². The zero-order valence-electron chi connectivity index (χ0n) is 11.1. The number of likely N-dealkylation sites (N-methyl/N-ethyl adjacent to an activating group) is 1. The largest absolute Gasteiger partial charge is 0.313 e. The monoisotopic (exact) mass is 377 g/mol. The summed E-state index contributed by atoms with van der Waals surface area (Å²) in [7, 11) is 1.56. The van der Waals surface area contributed by atoms with Crippen LogP contribution in [0.5, 0.6) is 0 Å². The van der Waals surface area contributed by atoms with Crippen molar-refractivity contribution in [1.82, 2.24) is 5.32 Å². The first-order valence-electron chi connectivity index (χ1n) is 6.18. The molecule has 1 nitrogen and oxygen atoms in total. The summed E-state index contributed by atoms with van der Waals surface area (Å²) in [5.74, 6) is -1.84. The number of benzene rings is 2. The van der Waals surface area contributed by atoms with Crippen molar-refractivity contribution in [1.29, 1.82) is 0 Å². The van der Waals surface area contributed by atoms with Crippen molar-refractivity contribution in [2.75, 3.05) is 7.05 Å². The molecule has 0 amide bonds. The van der Waals surface area contributed by atoms with Gasteiger partial charge in [0.05, 0.1) is 0 Å². The Hall–Kier alpha value is -1.04. The Balaban J connectivity index is 2.39. The Bertz CT molecular complexity index is 640. The van der Waals surface area contributed by atoms with Gasteiger partial charge in [-0.15, -0.1) is 0 Å². The molecule has 2 aromatic carbocycles. The quantitative estimate of drug-likeness (QED) is 0.787. The van der Waals surface area contributed by atoms with Crippen molar-refractivity contribution in [3.05, 3.63) is 68.4 Å². The first-order chi connectivity index (χ1) is 9.92. The van der Waals surface area contributed by atoms with Gasteiger partial charge in [-0.1, -0.05) is 27.5 Å². The van der Waals surface area contributed by atoms with Crippen LogP contribution < -0.4 is 5.32 Å². The van der Waals surface area contributed by atoms with Crippen LogP contribution in [0.25, 0.3) is 0 Å². The van der Waals surface area contributed by atoms with Crippen LogP contribution in [0.3, 0.4) is 0 Å². The molecule has 0 bridgehead atoms. The number of hydrogen-bond donors (Lipinski definition) is 1. The zero-order valence-corrected chi connectivity index (χ0v) is 13.4. The second kappa shape index (κ2) is 6.81. The average molecular weight is 379 g/mol. The summed E-state index contributed by atoms with van der Waals surface area (Å²) in [6, 6.07) is 5.77. The molecule has 21 heavy (non-hydrogen) atoms. The molecule has 0 radical (unpaired) electrons.